The number of carbonyl (C=O) groups excluding carboxylic acids is 2. The number of ketones is 1. The molecule has 28 heavy (non-hydrogen) atoms. The lowest BCUT2D eigenvalue weighted by Crippen LogP contribution is -2.25. The fourth-order valence-electron chi connectivity index (χ4n) is 2.38. The maximum Gasteiger partial charge on any atom is 0.341 e. The number of nitrogens with one attached hydrogen (secondary N) is 1. The van der Waals surface area contributed by atoms with Gasteiger partial charge >= 0.3 is 5.97 Å². The maximum absolute atomic E-state index is 13.0. The average molecular weight is 390 g/mol. The van der Waals surface area contributed by atoms with Crippen LogP contribution in [0.2, 0.25) is 0 Å². The molecule has 8 nitrogen and oxygen atoms in total. The number of carbonyl (C=O) groups is 2. The molecule has 1 atom stereocenters. The van der Waals surface area contributed by atoms with Crippen molar-refractivity contribution in [1.82, 2.24) is 0 Å². The van der Waals surface area contributed by atoms with Gasteiger partial charge in [-0.2, -0.15) is 0 Å². The fraction of sp³-hybridized carbons (Fsp3) is 0.263. The van der Waals surface area contributed by atoms with Crippen LogP contribution in [0.5, 0.6) is 0 Å². The molecule has 2 aromatic rings. The second-order valence-electron chi connectivity index (χ2n) is 5.83. The molecule has 0 aliphatic rings. The molecular weight excluding hydrogens is 371 g/mol. The highest BCUT2D eigenvalue weighted by Gasteiger charge is 2.24. The number of Topliss-reactive ketones (excluding diaryl/α,β-unsaturated/α-hetero) is 1. The van der Waals surface area contributed by atoms with E-state index in [2.05, 4.69) is 5.32 Å². The molecule has 0 aliphatic heterocycles. The number of hydrogen-bond acceptors (Lipinski definition) is 7. The first-order valence-electron chi connectivity index (χ1n) is 8.35. The molecular formula is C19H19FN2O6. The van der Waals surface area contributed by atoms with E-state index in [0.717, 1.165) is 18.2 Å². The number of esters is 1. The summed E-state index contributed by atoms with van der Waals surface area (Å²) in [6, 6.07) is 8.53. The first-order valence-corrected chi connectivity index (χ1v) is 8.35. The van der Waals surface area contributed by atoms with Crippen LogP contribution >= 0.6 is 0 Å². The van der Waals surface area contributed by atoms with Gasteiger partial charge in [0.25, 0.3) is 5.69 Å². The van der Waals surface area contributed by atoms with Crippen LogP contribution in [-0.2, 0) is 9.47 Å². The largest absolute Gasteiger partial charge is 0.451 e. The number of halogens is 1. The standard InChI is InChI=1S/C19H19FN2O6/c1-12(18(23)13-3-5-14(20)6-4-13)28-19(24)16-11-15(22(25)26)7-8-17(16)21-9-10-27-2/h3-8,11-12,21H,9-10H2,1-2H3/t12-/m1/s1. The van der Waals surface area contributed by atoms with E-state index in [1.165, 1.54) is 38.3 Å². The van der Waals surface area contributed by atoms with Crippen molar-refractivity contribution >= 4 is 23.1 Å². The topological polar surface area (TPSA) is 108 Å². The summed E-state index contributed by atoms with van der Waals surface area (Å²) < 4.78 is 23.1. The van der Waals surface area contributed by atoms with Crippen LogP contribution in [0.3, 0.4) is 0 Å². The summed E-state index contributed by atoms with van der Waals surface area (Å²) in [5, 5.41) is 13.9. The van der Waals surface area contributed by atoms with Crippen LogP contribution in [0.1, 0.15) is 27.6 Å². The molecule has 0 saturated carbocycles. The van der Waals surface area contributed by atoms with Crippen molar-refractivity contribution in [1.29, 1.82) is 0 Å². The Morgan fingerprint density at radius 3 is 2.50 bits per heavy atom. The zero-order valence-electron chi connectivity index (χ0n) is 15.3. The summed E-state index contributed by atoms with van der Waals surface area (Å²) in [5.41, 5.74) is 0.124. The molecule has 1 N–H and O–H groups in total. The smallest absolute Gasteiger partial charge is 0.341 e. The SMILES string of the molecule is COCCNc1ccc([N+](=O)[O-])cc1C(=O)O[C@H](C)C(=O)c1ccc(F)cc1. The minimum absolute atomic E-state index is 0.0796. The Morgan fingerprint density at radius 1 is 1.21 bits per heavy atom. The van der Waals surface area contributed by atoms with Gasteiger partial charge in [-0.05, 0) is 37.3 Å². The van der Waals surface area contributed by atoms with Crippen molar-refractivity contribution < 1.29 is 28.4 Å². The number of hydrogen-bond donors (Lipinski definition) is 1. The zero-order valence-corrected chi connectivity index (χ0v) is 15.3. The first-order chi connectivity index (χ1) is 13.3. The lowest BCUT2D eigenvalue weighted by Gasteiger charge is -2.15. The van der Waals surface area contributed by atoms with E-state index in [0.29, 0.717) is 18.8 Å². The molecule has 0 fully saturated rings. The number of non-ortho nitro benzene ring substituents is 1. The highest BCUT2D eigenvalue weighted by molar-refractivity contribution is 6.02. The van der Waals surface area contributed by atoms with Crippen LogP contribution in [0, 0.1) is 15.9 Å². The maximum atomic E-state index is 13.0. The van der Waals surface area contributed by atoms with Crippen molar-refractivity contribution in [3.63, 3.8) is 0 Å². The Balaban J connectivity index is 2.20. The fourth-order valence-corrected chi connectivity index (χ4v) is 2.38. The molecule has 148 valence electrons. The van der Waals surface area contributed by atoms with Crippen LogP contribution < -0.4 is 5.32 Å². The molecule has 0 aromatic heterocycles. The van der Waals surface area contributed by atoms with Gasteiger partial charge in [0.05, 0.1) is 17.1 Å². The second-order valence-corrected chi connectivity index (χ2v) is 5.83. The van der Waals surface area contributed by atoms with E-state index >= 15 is 0 Å². The van der Waals surface area contributed by atoms with Crippen molar-refractivity contribution in [2.24, 2.45) is 0 Å². The number of nitrogens with zero attached hydrogens (tertiary/aromatic N) is 1. The Bertz CT molecular complexity index is 869. The summed E-state index contributed by atoms with van der Waals surface area (Å²) in [5.74, 6) is -1.91. The summed E-state index contributed by atoms with van der Waals surface area (Å²) in [7, 11) is 1.51. The molecule has 9 heteroatoms. The summed E-state index contributed by atoms with van der Waals surface area (Å²) in [4.78, 5) is 35.3. The summed E-state index contributed by atoms with van der Waals surface area (Å²) in [6.07, 6.45) is -1.16. The Kier molecular flexibility index (Phi) is 7.16. The zero-order chi connectivity index (χ0) is 20.7. The number of nitro groups is 1. The molecule has 0 bridgehead atoms. The number of nitro benzene ring substituents is 1. The van der Waals surface area contributed by atoms with E-state index in [1.807, 2.05) is 0 Å². The van der Waals surface area contributed by atoms with Crippen molar-refractivity contribution in [3.05, 3.63) is 69.5 Å². The van der Waals surface area contributed by atoms with Gasteiger partial charge in [0, 0.05) is 37.0 Å². The monoisotopic (exact) mass is 390 g/mol. The van der Waals surface area contributed by atoms with Crippen molar-refractivity contribution in [2.45, 2.75) is 13.0 Å². The minimum Gasteiger partial charge on any atom is -0.451 e. The second kappa shape index (κ2) is 9.56. The normalized spacial score (nSPS) is 11.5. The molecule has 0 aliphatic carbocycles. The van der Waals surface area contributed by atoms with E-state index in [-0.39, 0.29) is 16.8 Å². The van der Waals surface area contributed by atoms with Gasteiger partial charge < -0.3 is 14.8 Å². The van der Waals surface area contributed by atoms with Gasteiger partial charge in [0.2, 0.25) is 5.78 Å². The van der Waals surface area contributed by atoms with Gasteiger partial charge in [-0.1, -0.05) is 0 Å². The Morgan fingerprint density at radius 2 is 1.89 bits per heavy atom. The van der Waals surface area contributed by atoms with E-state index in [1.54, 1.807) is 0 Å². The highest BCUT2D eigenvalue weighted by atomic mass is 19.1. The van der Waals surface area contributed by atoms with Crippen LogP contribution in [0.25, 0.3) is 0 Å². The molecule has 0 radical (unpaired) electrons. The summed E-state index contributed by atoms with van der Waals surface area (Å²) in [6.45, 7) is 2.09. The number of anilines is 1. The van der Waals surface area contributed by atoms with Crippen LogP contribution in [0.4, 0.5) is 15.8 Å². The third-order valence-electron chi connectivity index (χ3n) is 3.84. The molecule has 0 heterocycles. The number of benzene rings is 2. The third-order valence-corrected chi connectivity index (χ3v) is 3.84. The lowest BCUT2D eigenvalue weighted by atomic mass is 10.1. The van der Waals surface area contributed by atoms with Crippen molar-refractivity contribution in [2.75, 3.05) is 25.6 Å². The van der Waals surface area contributed by atoms with Gasteiger partial charge in [-0.25, -0.2) is 9.18 Å². The quantitative estimate of drug-likeness (QED) is 0.230. The van der Waals surface area contributed by atoms with Gasteiger partial charge in [0.15, 0.2) is 6.10 Å². The third kappa shape index (κ3) is 5.34. The Hall–Kier alpha value is -3.33. The van der Waals surface area contributed by atoms with Crippen LogP contribution in [-0.4, -0.2) is 43.0 Å². The molecule has 0 unspecified atom stereocenters. The van der Waals surface area contributed by atoms with Gasteiger partial charge in [-0.3, -0.25) is 14.9 Å². The van der Waals surface area contributed by atoms with E-state index in [4.69, 9.17) is 9.47 Å². The minimum atomic E-state index is -1.16. The molecule has 0 spiro atoms. The Labute approximate surface area is 160 Å². The van der Waals surface area contributed by atoms with E-state index in [9.17, 15) is 24.1 Å². The van der Waals surface area contributed by atoms with Gasteiger partial charge in [0.1, 0.15) is 5.82 Å². The first kappa shape index (κ1) is 21.0. The predicted octanol–water partition coefficient (Wildman–Crippen LogP) is 3.22. The average Bonchev–Trinajstić information content (AvgIpc) is 2.68. The van der Waals surface area contributed by atoms with Gasteiger partial charge in [-0.15, -0.1) is 0 Å². The lowest BCUT2D eigenvalue weighted by molar-refractivity contribution is -0.384. The predicted molar refractivity (Wildman–Crippen MR) is 99.1 cm³/mol. The number of methoxy groups -OCH3 is 1. The summed E-state index contributed by atoms with van der Waals surface area (Å²) >= 11 is 0. The van der Waals surface area contributed by atoms with E-state index < -0.39 is 28.6 Å². The molecule has 2 aromatic carbocycles. The molecule has 0 amide bonds. The number of ether oxygens (including phenoxy) is 2. The number of rotatable bonds is 9. The van der Waals surface area contributed by atoms with Crippen LogP contribution in [0.15, 0.2) is 42.5 Å². The molecule has 2 rings (SSSR count). The highest BCUT2D eigenvalue weighted by Crippen LogP contribution is 2.24. The van der Waals surface area contributed by atoms with Crippen molar-refractivity contribution in [3.8, 4) is 0 Å². The molecule has 0 saturated heterocycles.